The highest BCUT2D eigenvalue weighted by atomic mass is 79.9. The molecule has 0 spiro atoms. The minimum Gasteiger partial charge on any atom is -0.506 e. The first-order valence-electron chi connectivity index (χ1n) is 6.07. The van der Waals surface area contributed by atoms with Gasteiger partial charge < -0.3 is 15.2 Å². The third-order valence-corrected chi connectivity index (χ3v) is 3.19. The first kappa shape index (κ1) is 14.4. The molecular formula is C15H14BrNO3. The molecule has 1 amide bonds. The maximum Gasteiger partial charge on any atom is 0.265 e. The van der Waals surface area contributed by atoms with Gasteiger partial charge >= 0.3 is 0 Å². The number of para-hydroxylation sites is 2. The Kier molecular flexibility index (Phi) is 4.63. The second-order valence-electron chi connectivity index (χ2n) is 4.22. The van der Waals surface area contributed by atoms with Crippen LogP contribution in [0.4, 0.5) is 5.69 Å². The molecule has 2 aromatic carbocycles. The molecule has 0 bridgehead atoms. The molecule has 4 nitrogen and oxygen atoms in total. The van der Waals surface area contributed by atoms with Crippen LogP contribution in [0, 0.1) is 0 Å². The van der Waals surface area contributed by atoms with Crippen LogP contribution in [0.5, 0.6) is 11.5 Å². The molecule has 2 N–H and O–H groups in total. The zero-order valence-electron chi connectivity index (χ0n) is 10.8. The lowest BCUT2D eigenvalue weighted by Crippen LogP contribution is -2.30. The van der Waals surface area contributed by atoms with Crippen LogP contribution < -0.4 is 10.1 Å². The molecule has 0 saturated heterocycles. The minimum atomic E-state index is -0.671. The normalized spacial score (nSPS) is 11.7. The van der Waals surface area contributed by atoms with Crippen molar-refractivity contribution < 1.29 is 14.6 Å². The second kappa shape index (κ2) is 6.43. The van der Waals surface area contributed by atoms with Crippen molar-refractivity contribution in [1.82, 2.24) is 0 Å². The molecule has 0 aromatic heterocycles. The summed E-state index contributed by atoms with van der Waals surface area (Å²) in [6.45, 7) is 1.65. The Morgan fingerprint density at radius 1 is 1.20 bits per heavy atom. The number of nitrogens with one attached hydrogen (secondary N) is 1. The number of hydrogen-bond acceptors (Lipinski definition) is 3. The smallest absolute Gasteiger partial charge is 0.265 e. The first-order valence-corrected chi connectivity index (χ1v) is 6.86. The highest BCUT2D eigenvalue weighted by Crippen LogP contribution is 2.22. The number of amides is 1. The number of aromatic hydroxyl groups is 1. The van der Waals surface area contributed by atoms with E-state index in [0.29, 0.717) is 11.4 Å². The van der Waals surface area contributed by atoms with Crippen LogP contribution in [-0.2, 0) is 4.79 Å². The number of phenols is 1. The predicted molar refractivity (Wildman–Crippen MR) is 81.0 cm³/mol. The Bertz CT molecular complexity index is 598. The fourth-order valence-corrected chi connectivity index (χ4v) is 1.85. The zero-order valence-corrected chi connectivity index (χ0v) is 12.4. The largest absolute Gasteiger partial charge is 0.506 e. The summed E-state index contributed by atoms with van der Waals surface area (Å²) in [5.74, 6) is 0.305. The minimum absolute atomic E-state index is 0.0247. The van der Waals surface area contributed by atoms with Gasteiger partial charge in [0.05, 0.1) is 5.69 Å². The Hall–Kier alpha value is -2.01. The molecule has 5 heteroatoms. The summed E-state index contributed by atoms with van der Waals surface area (Å²) in [4.78, 5) is 12.0. The second-order valence-corrected chi connectivity index (χ2v) is 5.14. The number of phenolic OH excluding ortho intramolecular Hbond substituents is 1. The van der Waals surface area contributed by atoms with Gasteiger partial charge in [-0.3, -0.25) is 4.79 Å². The Labute approximate surface area is 125 Å². The summed E-state index contributed by atoms with van der Waals surface area (Å²) in [5.41, 5.74) is 0.365. The van der Waals surface area contributed by atoms with Crippen molar-refractivity contribution in [1.29, 1.82) is 0 Å². The molecule has 0 radical (unpaired) electrons. The van der Waals surface area contributed by atoms with Crippen molar-refractivity contribution in [2.24, 2.45) is 0 Å². The Morgan fingerprint density at radius 2 is 1.85 bits per heavy atom. The summed E-state index contributed by atoms with van der Waals surface area (Å²) in [5, 5.41) is 12.2. The van der Waals surface area contributed by atoms with E-state index in [1.807, 2.05) is 12.1 Å². The highest BCUT2D eigenvalue weighted by Gasteiger charge is 2.16. The monoisotopic (exact) mass is 335 g/mol. The average molecular weight is 336 g/mol. The molecule has 20 heavy (non-hydrogen) atoms. The van der Waals surface area contributed by atoms with Gasteiger partial charge in [-0.2, -0.15) is 0 Å². The van der Waals surface area contributed by atoms with Gasteiger partial charge in [0.15, 0.2) is 6.10 Å². The van der Waals surface area contributed by atoms with Crippen molar-refractivity contribution in [3.63, 3.8) is 0 Å². The standard InChI is InChI=1S/C15H14BrNO3/c1-10(20-12-8-6-11(16)7-9-12)15(19)17-13-4-2-3-5-14(13)18/h2-10,18H,1H3,(H,17,19)/t10-/m0/s1. The number of benzene rings is 2. The Balaban J connectivity index is 1.99. The van der Waals surface area contributed by atoms with Crippen LogP contribution in [0.2, 0.25) is 0 Å². The van der Waals surface area contributed by atoms with Gasteiger partial charge in [0.2, 0.25) is 0 Å². The molecule has 104 valence electrons. The predicted octanol–water partition coefficient (Wildman–Crippen LogP) is 3.56. The molecule has 0 heterocycles. The first-order chi connectivity index (χ1) is 9.56. The molecule has 0 aliphatic rings. The van der Waals surface area contributed by atoms with Gasteiger partial charge in [-0.25, -0.2) is 0 Å². The molecule has 0 unspecified atom stereocenters. The summed E-state index contributed by atoms with van der Waals surface area (Å²) in [6, 6.07) is 13.8. The zero-order chi connectivity index (χ0) is 14.5. The van der Waals surface area contributed by atoms with E-state index >= 15 is 0 Å². The molecular weight excluding hydrogens is 322 g/mol. The van der Waals surface area contributed by atoms with Gasteiger partial charge in [0, 0.05) is 4.47 Å². The number of carbonyl (C=O) groups excluding carboxylic acids is 1. The lowest BCUT2D eigenvalue weighted by atomic mass is 10.2. The van der Waals surface area contributed by atoms with Crippen LogP contribution in [0.15, 0.2) is 53.0 Å². The quantitative estimate of drug-likeness (QED) is 0.840. The van der Waals surface area contributed by atoms with Crippen LogP contribution in [0.25, 0.3) is 0 Å². The number of anilines is 1. The van der Waals surface area contributed by atoms with Crippen LogP contribution in [0.3, 0.4) is 0 Å². The highest BCUT2D eigenvalue weighted by molar-refractivity contribution is 9.10. The molecule has 0 fully saturated rings. The van der Waals surface area contributed by atoms with Crippen LogP contribution >= 0.6 is 15.9 Å². The lowest BCUT2D eigenvalue weighted by molar-refractivity contribution is -0.122. The van der Waals surface area contributed by atoms with Gasteiger partial charge in [-0.05, 0) is 43.3 Å². The molecule has 2 aromatic rings. The van der Waals surface area contributed by atoms with E-state index in [-0.39, 0.29) is 11.7 Å². The van der Waals surface area contributed by atoms with E-state index in [2.05, 4.69) is 21.2 Å². The fraction of sp³-hybridized carbons (Fsp3) is 0.133. The summed E-state index contributed by atoms with van der Waals surface area (Å²) < 4.78 is 6.47. The molecule has 1 atom stereocenters. The van der Waals surface area contributed by atoms with Gasteiger partial charge in [0.1, 0.15) is 11.5 Å². The number of carbonyl (C=O) groups is 1. The van der Waals surface area contributed by atoms with Crippen molar-refractivity contribution in [3.05, 3.63) is 53.0 Å². The number of hydrogen-bond donors (Lipinski definition) is 2. The average Bonchev–Trinajstić information content (AvgIpc) is 2.44. The Morgan fingerprint density at radius 3 is 2.50 bits per heavy atom. The topological polar surface area (TPSA) is 58.6 Å². The van der Waals surface area contributed by atoms with E-state index in [4.69, 9.17) is 4.74 Å². The van der Waals surface area contributed by atoms with Gasteiger partial charge in [-0.1, -0.05) is 28.1 Å². The van der Waals surface area contributed by atoms with E-state index in [0.717, 1.165) is 4.47 Å². The summed E-state index contributed by atoms with van der Waals surface area (Å²) in [6.07, 6.45) is -0.671. The summed E-state index contributed by atoms with van der Waals surface area (Å²) in [7, 11) is 0. The molecule has 0 saturated carbocycles. The van der Waals surface area contributed by atoms with Gasteiger partial charge in [0.25, 0.3) is 5.91 Å². The third kappa shape index (κ3) is 3.74. The van der Waals surface area contributed by atoms with Crippen molar-refractivity contribution in [2.45, 2.75) is 13.0 Å². The maximum atomic E-state index is 12.0. The SMILES string of the molecule is C[C@H](Oc1ccc(Br)cc1)C(=O)Nc1ccccc1O. The lowest BCUT2D eigenvalue weighted by Gasteiger charge is -2.15. The van der Waals surface area contributed by atoms with E-state index in [9.17, 15) is 9.90 Å². The van der Waals surface area contributed by atoms with Crippen molar-refractivity contribution in [3.8, 4) is 11.5 Å². The van der Waals surface area contributed by atoms with Gasteiger partial charge in [-0.15, -0.1) is 0 Å². The summed E-state index contributed by atoms with van der Waals surface area (Å²) >= 11 is 3.33. The van der Waals surface area contributed by atoms with E-state index in [1.165, 1.54) is 6.07 Å². The molecule has 0 aliphatic carbocycles. The maximum absolute atomic E-state index is 12.0. The number of ether oxygens (including phenoxy) is 1. The third-order valence-electron chi connectivity index (χ3n) is 2.66. The van der Waals surface area contributed by atoms with Crippen LogP contribution in [-0.4, -0.2) is 17.1 Å². The fourth-order valence-electron chi connectivity index (χ4n) is 1.58. The number of halogens is 1. The van der Waals surface area contributed by atoms with Crippen molar-refractivity contribution in [2.75, 3.05) is 5.32 Å². The van der Waals surface area contributed by atoms with E-state index in [1.54, 1.807) is 37.3 Å². The van der Waals surface area contributed by atoms with Crippen LogP contribution in [0.1, 0.15) is 6.92 Å². The van der Waals surface area contributed by atoms with Crippen molar-refractivity contribution >= 4 is 27.5 Å². The van der Waals surface area contributed by atoms with E-state index < -0.39 is 6.10 Å². The molecule has 0 aliphatic heterocycles. The molecule has 2 rings (SSSR count). The number of rotatable bonds is 4.